The molecule has 1 saturated carbocycles. The molecular formula is C23H36O4. The first-order valence-electron chi connectivity index (χ1n) is 10.7. The number of rotatable bonds is 12. The summed E-state index contributed by atoms with van der Waals surface area (Å²) < 4.78 is 4.70. The van der Waals surface area contributed by atoms with Crippen LogP contribution in [0.4, 0.5) is 0 Å². The lowest BCUT2D eigenvalue weighted by atomic mass is 9.72. The summed E-state index contributed by atoms with van der Waals surface area (Å²) >= 11 is 0. The van der Waals surface area contributed by atoms with Crippen molar-refractivity contribution in [2.45, 2.75) is 84.3 Å². The van der Waals surface area contributed by atoms with Crippen LogP contribution in [0, 0.1) is 23.7 Å². The van der Waals surface area contributed by atoms with Crippen LogP contribution in [0.25, 0.3) is 0 Å². The van der Waals surface area contributed by atoms with Crippen LogP contribution in [0.15, 0.2) is 24.3 Å². The molecule has 152 valence electrons. The van der Waals surface area contributed by atoms with Gasteiger partial charge in [0, 0.05) is 25.2 Å². The number of carbonyl (C=O) groups is 2. The van der Waals surface area contributed by atoms with Gasteiger partial charge in [-0.2, -0.15) is 0 Å². The lowest BCUT2D eigenvalue weighted by Gasteiger charge is -2.34. The molecule has 0 bridgehead atoms. The second-order valence-electron chi connectivity index (χ2n) is 8.28. The molecule has 0 radical (unpaired) electrons. The molecule has 4 nitrogen and oxygen atoms in total. The van der Waals surface area contributed by atoms with Crippen LogP contribution < -0.4 is 0 Å². The highest BCUT2D eigenvalue weighted by atomic mass is 16.6. The van der Waals surface area contributed by atoms with Crippen LogP contribution in [-0.2, 0) is 14.3 Å². The monoisotopic (exact) mass is 376 g/mol. The van der Waals surface area contributed by atoms with Gasteiger partial charge in [0.1, 0.15) is 0 Å². The van der Waals surface area contributed by atoms with E-state index in [0.717, 1.165) is 50.4 Å². The fourth-order valence-corrected chi connectivity index (χ4v) is 4.30. The van der Waals surface area contributed by atoms with Crippen LogP contribution in [0.3, 0.4) is 0 Å². The molecule has 1 fully saturated rings. The standard InChI is InChI=1S/C23H36O4/c1-3-18-15-19(16-18)9-8-10-20-13-14-22(25)21(20)11-6-4-5-7-12-23(26)27-17(2)24/h8,10,13-14,18-21,23,26H,3-7,9,11-12,15-16H2,1-2H3/t18?,19?,20-,21+,23-/m0/s1. The quantitative estimate of drug-likeness (QED) is 0.226. The molecular weight excluding hydrogens is 340 g/mol. The molecule has 0 unspecified atom stereocenters. The summed E-state index contributed by atoms with van der Waals surface area (Å²) in [4.78, 5) is 22.9. The average Bonchev–Trinajstić information content (AvgIpc) is 2.92. The number of aliphatic hydroxyl groups is 1. The Morgan fingerprint density at radius 2 is 2.00 bits per heavy atom. The minimum absolute atomic E-state index is 0.109. The zero-order chi connectivity index (χ0) is 19.6. The molecule has 2 rings (SSSR count). The smallest absolute Gasteiger partial charge is 0.304 e. The fourth-order valence-electron chi connectivity index (χ4n) is 4.30. The number of esters is 1. The Balaban J connectivity index is 1.58. The summed E-state index contributed by atoms with van der Waals surface area (Å²) in [6, 6.07) is 0. The minimum atomic E-state index is -0.985. The molecule has 2 aliphatic carbocycles. The molecule has 0 aromatic heterocycles. The minimum Gasteiger partial charge on any atom is -0.436 e. The highest BCUT2D eigenvalue weighted by Gasteiger charge is 2.29. The van der Waals surface area contributed by atoms with Gasteiger partial charge in [0.2, 0.25) is 6.29 Å². The maximum Gasteiger partial charge on any atom is 0.304 e. The Morgan fingerprint density at radius 1 is 1.26 bits per heavy atom. The third-order valence-corrected chi connectivity index (χ3v) is 6.07. The van der Waals surface area contributed by atoms with Crippen LogP contribution in [0.2, 0.25) is 0 Å². The summed E-state index contributed by atoms with van der Waals surface area (Å²) in [5.74, 6) is 2.00. The van der Waals surface area contributed by atoms with Crippen molar-refractivity contribution in [2.75, 3.05) is 0 Å². The maximum absolute atomic E-state index is 12.1. The molecule has 0 aromatic rings. The molecule has 2 aliphatic rings. The van der Waals surface area contributed by atoms with E-state index >= 15 is 0 Å². The molecule has 3 atom stereocenters. The van der Waals surface area contributed by atoms with E-state index in [4.69, 9.17) is 4.74 Å². The number of carbonyl (C=O) groups excluding carboxylic acids is 2. The highest BCUT2D eigenvalue weighted by Crippen LogP contribution is 2.38. The van der Waals surface area contributed by atoms with E-state index < -0.39 is 12.3 Å². The van der Waals surface area contributed by atoms with Crippen LogP contribution in [-0.4, -0.2) is 23.1 Å². The van der Waals surface area contributed by atoms with Gasteiger partial charge >= 0.3 is 5.97 Å². The van der Waals surface area contributed by atoms with E-state index in [1.54, 1.807) is 6.08 Å². The van der Waals surface area contributed by atoms with Crippen molar-refractivity contribution in [3.8, 4) is 0 Å². The predicted octanol–water partition coefficient (Wildman–Crippen LogP) is 4.96. The van der Waals surface area contributed by atoms with Gasteiger partial charge in [0.05, 0.1) is 0 Å². The first kappa shape index (κ1) is 21.9. The van der Waals surface area contributed by atoms with E-state index in [-0.39, 0.29) is 17.6 Å². The first-order valence-corrected chi connectivity index (χ1v) is 10.7. The van der Waals surface area contributed by atoms with Crippen molar-refractivity contribution < 1.29 is 19.4 Å². The zero-order valence-corrected chi connectivity index (χ0v) is 16.9. The summed E-state index contributed by atoms with van der Waals surface area (Å²) in [7, 11) is 0. The number of hydrogen-bond donors (Lipinski definition) is 1. The molecule has 0 aliphatic heterocycles. The second kappa shape index (κ2) is 11.4. The Labute approximate surface area is 164 Å². The molecule has 0 amide bonds. The Kier molecular flexibility index (Phi) is 9.26. The van der Waals surface area contributed by atoms with Gasteiger partial charge in [0.15, 0.2) is 5.78 Å². The average molecular weight is 377 g/mol. The van der Waals surface area contributed by atoms with E-state index in [2.05, 4.69) is 25.2 Å². The molecule has 4 heteroatoms. The number of ether oxygens (including phenoxy) is 1. The van der Waals surface area contributed by atoms with Crippen molar-refractivity contribution in [1.29, 1.82) is 0 Å². The fraction of sp³-hybridized carbons (Fsp3) is 0.739. The van der Waals surface area contributed by atoms with E-state index in [1.165, 1.54) is 26.2 Å². The number of hydrogen-bond acceptors (Lipinski definition) is 4. The third kappa shape index (κ3) is 7.61. The SMILES string of the molecule is CCC1CC(CC=C[C@H]2C=CC(=O)[C@@H]2CCCCCC[C@@H](O)OC(C)=O)C1. The Morgan fingerprint density at radius 3 is 2.70 bits per heavy atom. The van der Waals surface area contributed by atoms with Crippen LogP contribution >= 0.6 is 0 Å². The van der Waals surface area contributed by atoms with E-state index in [9.17, 15) is 14.7 Å². The second-order valence-corrected chi connectivity index (χ2v) is 8.28. The maximum atomic E-state index is 12.1. The Bertz CT molecular complexity index is 530. The lowest BCUT2D eigenvalue weighted by molar-refractivity contribution is -0.166. The molecule has 0 aromatic carbocycles. The number of unbranched alkanes of at least 4 members (excludes halogenated alkanes) is 3. The normalized spacial score (nSPS) is 28.5. The highest BCUT2D eigenvalue weighted by molar-refractivity contribution is 5.94. The van der Waals surface area contributed by atoms with Gasteiger partial charge in [-0.25, -0.2) is 0 Å². The summed E-state index contributed by atoms with van der Waals surface area (Å²) in [6.45, 7) is 3.58. The van der Waals surface area contributed by atoms with Crippen molar-refractivity contribution in [1.82, 2.24) is 0 Å². The number of allylic oxidation sites excluding steroid dienone is 4. The number of ketones is 1. The van der Waals surface area contributed by atoms with Crippen molar-refractivity contribution in [3.63, 3.8) is 0 Å². The number of aliphatic hydroxyl groups excluding tert-OH is 1. The topological polar surface area (TPSA) is 63.6 Å². The van der Waals surface area contributed by atoms with Gasteiger partial charge in [-0.05, 0) is 50.0 Å². The zero-order valence-electron chi connectivity index (χ0n) is 16.9. The van der Waals surface area contributed by atoms with Crippen LogP contribution in [0.1, 0.15) is 78.1 Å². The third-order valence-electron chi connectivity index (χ3n) is 6.07. The van der Waals surface area contributed by atoms with Crippen molar-refractivity contribution >= 4 is 11.8 Å². The summed E-state index contributed by atoms with van der Waals surface area (Å²) in [5, 5.41) is 9.49. The van der Waals surface area contributed by atoms with Gasteiger partial charge in [-0.1, -0.05) is 50.8 Å². The van der Waals surface area contributed by atoms with E-state index in [1.807, 2.05) is 0 Å². The van der Waals surface area contributed by atoms with Gasteiger partial charge in [0.25, 0.3) is 0 Å². The first-order chi connectivity index (χ1) is 13.0. The van der Waals surface area contributed by atoms with Crippen molar-refractivity contribution in [2.24, 2.45) is 23.7 Å². The predicted molar refractivity (Wildman–Crippen MR) is 107 cm³/mol. The van der Waals surface area contributed by atoms with Crippen molar-refractivity contribution in [3.05, 3.63) is 24.3 Å². The van der Waals surface area contributed by atoms with Gasteiger partial charge in [-0.15, -0.1) is 0 Å². The van der Waals surface area contributed by atoms with Gasteiger partial charge in [-0.3, -0.25) is 9.59 Å². The molecule has 0 saturated heterocycles. The molecule has 1 N–H and O–H groups in total. The summed E-state index contributed by atoms with van der Waals surface area (Å²) in [6.07, 6.45) is 17.9. The van der Waals surface area contributed by atoms with Crippen LogP contribution in [0.5, 0.6) is 0 Å². The Hall–Kier alpha value is -1.42. The van der Waals surface area contributed by atoms with E-state index in [0.29, 0.717) is 6.42 Å². The lowest BCUT2D eigenvalue weighted by Crippen LogP contribution is -2.22. The van der Waals surface area contributed by atoms with Gasteiger partial charge < -0.3 is 9.84 Å². The molecule has 0 spiro atoms. The summed E-state index contributed by atoms with van der Waals surface area (Å²) in [5.41, 5.74) is 0. The largest absolute Gasteiger partial charge is 0.436 e. The molecule has 27 heavy (non-hydrogen) atoms. The molecule has 0 heterocycles.